The monoisotopic (exact) mass is 204 g/mol. The summed E-state index contributed by atoms with van der Waals surface area (Å²) in [4.78, 5) is 0. The molecule has 0 fully saturated rings. The first-order chi connectivity index (χ1) is 6.97. The molecule has 0 aliphatic rings. The van der Waals surface area contributed by atoms with E-state index >= 15 is 0 Å². The summed E-state index contributed by atoms with van der Waals surface area (Å²) in [6.07, 6.45) is 7.25. The number of hydrogen-bond acceptors (Lipinski definition) is 0. The van der Waals surface area contributed by atoms with Crippen molar-refractivity contribution in [2.45, 2.75) is 41.0 Å². The minimum atomic E-state index is -0.0226. The van der Waals surface area contributed by atoms with Gasteiger partial charge in [-0.05, 0) is 41.0 Å². The molecule has 0 amide bonds. The Morgan fingerprint density at radius 2 is 1.47 bits per heavy atom. The van der Waals surface area contributed by atoms with E-state index in [1.807, 2.05) is 6.08 Å². The van der Waals surface area contributed by atoms with E-state index in [-0.39, 0.29) is 5.41 Å². The van der Waals surface area contributed by atoms with E-state index in [1.54, 1.807) is 0 Å². The lowest BCUT2D eigenvalue weighted by Crippen LogP contribution is -2.24. The zero-order valence-corrected chi connectivity index (χ0v) is 10.9. The van der Waals surface area contributed by atoms with Gasteiger partial charge in [0.15, 0.2) is 0 Å². The van der Waals surface area contributed by atoms with Crippen molar-refractivity contribution in [2.75, 3.05) is 0 Å². The highest BCUT2D eigenvalue weighted by atomic mass is 14.4. The highest BCUT2D eigenvalue weighted by Crippen LogP contribution is 2.44. The van der Waals surface area contributed by atoms with Gasteiger partial charge >= 0.3 is 0 Å². The van der Waals surface area contributed by atoms with Crippen LogP contribution in [0.25, 0.3) is 0 Å². The van der Waals surface area contributed by atoms with Crippen LogP contribution in [0.2, 0.25) is 0 Å². The van der Waals surface area contributed by atoms with E-state index < -0.39 is 0 Å². The minimum absolute atomic E-state index is 0.0226. The molecule has 15 heavy (non-hydrogen) atoms. The molecular formula is C15H24. The van der Waals surface area contributed by atoms with Crippen molar-refractivity contribution in [3.63, 3.8) is 0 Å². The van der Waals surface area contributed by atoms with Gasteiger partial charge in [-0.3, -0.25) is 0 Å². The fourth-order valence-electron chi connectivity index (χ4n) is 2.19. The molecule has 0 aromatic rings. The van der Waals surface area contributed by atoms with Gasteiger partial charge in [0.2, 0.25) is 0 Å². The molecule has 0 unspecified atom stereocenters. The molecule has 0 atom stereocenters. The lowest BCUT2D eigenvalue weighted by Gasteiger charge is -2.36. The Kier molecular flexibility index (Phi) is 5.35. The fraction of sp³-hybridized carbons (Fsp3) is 0.467. The topological polar surface area (TPSA) is 0 Å². The van der Waals surface area contributed by atoms with Crippen molar-refractivity contribution in [3.05, 3.63) is 48.1 Å². The summed E-state index contributed by atoms with van der Waals surface area (Å²) in [5.74, 6) is 0. The molecule has 0 N–H and O–H groups in total. The molecule has 0 bridgehead atoms. The van der Waals surface area contributed by atoms with Crippen LogP contribution in [0.5, 0.6) is 0 Å². The first kappa shape index (κ1) is 14.0. The molecular weight excluding hydrogens is 180 g/mol. The van der Waals surface area contributed by atoms with Gasteiger partial charge in [-0.1, -0.05) is 41.5 Å². The van der Waals surface area contributed by atoms with Crippen molar-refractivity contribution in [1.82, 2.24) is 0 Å². The molecule has 0 heteroatoms. The molecule has 0 aliphatic heterocycles. The summed E-state index contributed by atoms with van der Waals surface area (Å²) >= 11 is 0. The average molecular weight is 204 g/mol. The quantitative estimate of drug-likeness (QED) is 0.549. The molecule has 0 radical (unpaired) electrons. The smallest absolute Gasteiger partial charge is 0.0353 e. The van der Waals surface area contributed by atoms with Crippen LogP contribution < -0.4 is 0 Å². The molecule has 0 aromatic carbocycles. The van der Waals surface area contributed by atoms with Gasteiger partial charge in [0.1, 0.15) is 0 Å². The Balaban J connectivity index is 5.68. The standard InChI is InChI=1S/C15H24/c1-8-11-15(12(4)5,13(6)9-2)14(7)10-3/h8-10H,1,4,11H2,2-3,5-7H3. The van der Waals surface area contributed by atoms with Crippen LogP contribution in [0, 0.1) is 5.41 Å². The maximum absolute atomic E-state index is 4.15. The Hall–Kier alpha value is -1.04. The summed E-state index contributed by atoms with van der Waals surface area (Å²) in [5.41, 5.74) is 3.87. The number of hydrogen-bond donors (Lipinski definition) is 0. The number of rotatable bonds is 5. The van der Waals surface area contributed by atoms with Gasteiger partial charge < -0.3 is 0 Å². The third-order valence-corrected chi connectivity index (χ3v) is 3.39. The van der Waals surface area contributed by atoms with E-state index in [0.717, 1.165) is 6.42 Å². The van der Waals surface area contributed by atoms with Crippen LogP contribution in [0.15, 0.2) is 48.1 Å². The largest absolute Gasteiger partial charge is 0.103 e. The van der Waals surface area contributed by atoms with Gasteiger partial charge in [0, 0.05) is 5.41 Å². The lowest BCUT2D eigenvalue weighted by molar-refractivity contribution is 0.519. The average Bonchev–Trinajstić information content (AvgIpc) is 2.23. The third kappa shape index (κ3) is 2.50. The maximum Gasteiger partial charge on any atom is 0.0353 e. The van der Waals surface area contributed by atoms with E-state index in [2.05, 4.69) is 59.9 Å². The highest BCUT2D eigenvalue weighted by molar-refractivity contribution is 5.38. The summed E-state index contributed by atoms with van der Waals surface area (Å²) in [6.45, 7) is 18.6. The predicted octanol–water partition coefficient (Wildman–Crippen LogP) is 5.06. The number of allylic oxidation sites excluding steroid dienone is 6. The van der Waals surface area contributed by atoms with Crippen LogP contribution in [0.4, 0.5) is 0 Å². The van der Waals surface area contributed by atoms with Crippen molar-refractivity contribution in [1.29, 1.82) is 0 Å². The van der Waals surface area contributed by atoms with E-state index in [0.29, 0.717) is 0 Å². The lowest BCUT2D eigenvalue weighted by atomic mass is 9.67. The van der Waals surface area contributed by atoms with Gasteiger partial charge in [-0.2, -0.15) is 0 Å². The maximum atomic E-state index is 4.15. The zero-order valence-electron chi connectivity index (χ0n) is 10.9. The van der Waals surface area contributed by atoms with Crippen molar-refractivity contribution in [2.24, 2.45) is 5.41 Å². The predicted molar refractivity (Wildman–Crippen MR) is 70.9 cm³/mol. The van der Waals surface area contributed by atoms with E-state index in [9.17, 15) is 0 Å². The molecule has 0 heterocycles. The SMILES string of the molecule is C=CCC(C(=C)C)(C(C)=CC)C(C)=CC. The van der Waals surface area contributed by atoms with Crippen molar-refractivity contribution >= 4 is 0 Å². The molecule has 0 saturated carbocycles. The molecule has 0 nitrogen and oxygen atoms in total. The highest BCUT2D eigenvalue weighted by Gasteiger charge is 2.32. The second-order valence-electron chi connectivity index (χ2n) is 4.12. The van der Waals surface area contributed by atoms with Gasteiger partial charge in [0.25, 0.3) is 0 Å². The first-order valence-corrected chi connectivity index (χ1v) is 5.51. The Morgan fingerprint density at radius 1 is 1.07 bits per heavy atom. The van der Waals surface area contributed by atoms with Crippen LogP contribution in [0.3, 0.4) is 0 Å². The summed E-state index contributed by atoms with van der Waals surface area (Å²) in [5, 5.41) is 0. The van der Waals surface area contributed by atoms with Crippen molar-refractivity contribution in [3.8, 4) is 0 Å². The van der Waals surface area contributed by atoms with Crippen LogP contribution in [0.1, 0.15) is 41.0 Å². The summed E-state index contributed by atoms with van der Waals surface area (Å²) in [6, 6.07) is 0. The van der Waals surface area contributed by atoms with Crippen LogP contribution >= 0.6 is 0 Å². The van der Waals surface area contributed by atoms with Crippen LogP contribution in [-0.4, -0.2) is 0 Å². The molecule has 84 valence electrons. The third-order valence-electron chi connectivity index (χ3n) is 3.39. The molecule has 0 aliphatic carbocycles. The van der Waals surface area contributed by atoms with Gasteiger partial charge in [-0.15, -0.1) is 6.58 Å². The van der Waals surface area contributed by atoms with E-state index in [1.165, 1.54) is 16.7 Å². The van der Waals surface area contributed by atoms with Crippen LogP contribution in [-0.2, 0) is 0 Å². The Morgan fingerprint density at radius 3 is 1.67 bits per heavy atom. The van der Waals surface area contributed by atoms with Gasteiger partial charge in [0.05, 0.1) is 0 Å². The molecule has 0 spiro atoms. The molecule has 0 aromatic heterocycles. The molecule has 0 rings (SSSR count). The fourth-order valence-corrected chi connectivity index (χ4v) is 2.19. The summed E-state index contributed by atoms with van der Waals surface area (Å²) < 4.78 is 0. The second-order valence-corrected chi connectivity index (χ2v) is 4.12. The van der Waals surface area contributed by atoms with Crippen molar-refractivity contribution < 1.29 is 0 Å². The normalized spacial score (nSPS) is 17.1. The first-order valence-electron chi connectivity index (χ1n) is 5.51. The Bertz CT molecular complexity index is 282. The van der Waals surface area contributed by atoms with E-state index in [4.69, 9.17) is 0 Å². The zero-order chi connectivity index (χ0) is 12.1. The minimum Gasteiger partial charge on any atom is -0.103 e. The summed E-state index contributed by atoms with van der Waals surface area (Å²) in [7, 11) is 0. The van der Waals surface area contributed by atoms with Gasteiger partial charge in [-0.25, -0.2) is 0 Å². The Labute approximate surface area is 95.1 Å². The molecule has 0 saturated heterocycles. The second kappa shape index (κ2) is 5.75.